The molecule has 1 aliphatic rings. The first-order chi connectivity index (χ1) is 6.17. The third kappa shape index (κ3) is 2.02. The molecule has 1 atom stereocenters. The van der Waals surface area contributed by atoms with Crippen LogP contribution in [0, 0.1) is 5.92 Å². The van der Waals surface area contributed by atoms with E-state index in [2.05, 4.69) is 12.2 Å². The Morgan fingerprint density at radius 2 is 2.15 bits per heavy atom. The number of amides is 1. The van der Waals surface area contributed by atoms with Crippen molar-refractivity contribution < 1.29 is 4.79 Å². The predicted molar refractivity (Wildman–Crippen MR) is 53.2 cm³/mol. The van der Waals surface area contributed by atoms with E-state index in [0.29, 0.717) is 5.92 Å². The quantitative estimate of drug-likeness (QED) is 0.648. The number of hydrogen-bond acceptors (Lipinski definition) is 2. The van der Waals surface area contributed by atoms with Crippen LogP contribution in [0.4, 0.5) is 0 Å². The topological polar surface area (TPSA) is 55.1 Å². The Kier molecular flexibility index (Phi) is 3.31. The minimum Gasteiger partial charge on any atom is -0.368 e. The Morgan fingerprint density at radius 3 is 2.46 bits per heavy atom. The van der Waals surface area contributed by atoms with Crippen molar-refractivity contribution in [2.75, 3.05) is 6.54 Å². The lowest BCUT2D eigenvalue weighted by molar-refractivity contribution is -0.125. The summed E-state index contributed by atoms with van der Waals surface area (Å²) in [4.78, 5) is 11.4. The van der Waals surface area contributed by atoms with Crippen LogP contribution in [-0.4, -0.2) is 18.0 Å². The van der Waals surface area contributed by atoms with Crippen molar-refractivity contribution in [2.24, 2.45) is 11.7 Å². The van der Waals surface area contributed by atoms with Gasteiger partial charge in [-0.05, 0) is 38.1 Å². The molecule has 0 heterocycles. The van der Waals surface area contributed by atoms with Gasteiger partial charge in [0.15, 0.2) is 0 Å². The molecule has 0 aromatic heterocycles. The lowest BCUT2D eigenvalue weighted by Gasteiger charge is -2.30. The zero-order chi connectivity index (χ0) is 9.90. The third-order valence-electron chi connectivity index (χ3n) is 2.96. The van der Waals surface area contributed by atoms with Crippen molar-refractivity contribution in [2.45, 2.75) is 45.1 Å². The summed E-state index contributed by atoms with van der Waals surface area (Å²) >= 11 is 0. The molecule has 0 saturated heterocycles. The fourth-order valence-corrected chi connectivity index (χ4v) is 1.94. The van der Waals surface area contributed by atoms with Crippen molar-refractivity contribution in [1.82, 2.24) is 5.32 Å². The fraction of sp³-hybridized carbons (Fsp3) is 0.900. The molecule has 1 fully saturated rings. The Morgan fingerprint density at radius 1 is 1.54 bits per heavy atom. The van der Waals surface area contributed by atoms with Gasteiger partial charge in [0.25, 0.3) is 0 Å². The Labute approximate surface area is 80.1 Å². The van der Waals surface area contributed by atoms with Gasteiger partial charge in [-0.15, -0.1) is 0 Å². The molecule has 1 aliphatic carbocycles. The number of carbonyl (C=O) groups excluding carboxylic acids is 1. The molecule has 1 amide bonds. The van der Waals surface area contributed by atoms with Gasteiger partial charge in [0.2, 0.25) is 5.91 Å². The fourth-order valence-electron chi connectivity index (χ4n) is 1.94. The summed E-state index contributed by atoms with van der Waals surface area (Å²) in [6.07, 6.45) is 4.15. The first kappa shape index (κ1) is 10.5. The van der Waals surface area contributed by atoms with Crippen LogP contribution in [0.1, 0.15) is 39.5 Å². The van der Waals surface area contributed by atoms with E-state index in [0.717, 1.165) is 32.2 Å². The summed E-state index contributed by atoms with van der Waals surface area (Å²) in [5.74, 6) is 0.312. The van der Waals surface area contributed by atoms with Crippen molar-refractivity contribution in [1.29, 1.82) is 0 Å². The van der Waals surface area contributed by atoms with Crippen molar-refractivity contribution >= 4 is 5.91 Å². The van der Waals surface area contributed by atoms with Gasteiger partial charge in [0, 0.05) is 0 Å². The van der Waals surface area contributed by atoms with E-state index in [1.54, 1.807) is 0 Å². The lowest BCUT2D eigenvalue weighted by Crippen LogP contribution is -2.57. The lowest BCUT2D eigenvalue weighted by atomic mass is 9.89. The van der Waals surface area contributed by atoms with Crippen molar-refractivity contribution in [3.8, 4) is 0 Å². The van der Waals surface area contributed by atoms with Crippen LogP contribution in [0.2, 0.25) is 0 Å². The minimum absolute atomic E-state index is 0.175. The summed E-state index contributed by atoms with van der Waals surface area (Å²) in [6.45, 7) is 5.01. The number of hydrogen-bond donors (Lipinski definition) is 2. The second kappa shape index (κ2) is 4.09. The number of nitrogens with one attached hydrogen (secondary N) is 1. The molecular weight excluding hydrogens is 164 g/mol. The summed E-state index contributed by atoms with van der Waals surface area (Å²) < 4.78 is 0. The van der Waals surface area contributed by atoms with Crippen LogP contribution < -0.4 is 11.1 Å². The van der Waals surface area contributed by atoms with Gasteiger partial charge >= 0.3 is 0 Å². The molecule has 76 valence electrons. The van der Waals surface area contributed by atoms with Crippen LogP contribution in [0.15, 0.2) is 0 Å². The van der Waals surface area contributed by atoms with E-state index in [9.17, 15) is 4.79 Å². The molecular formula is C10H20N2O. The molecule has 3 N–H and O–H groups in total. The summed E-state index contributed by atoms with van der Waals surface area (Å²) in [5, 5.41) is 3.32. The second-order valence-corrected chi connectivity index (χ2v) is 3.89. The van der Waals surface area contributed by atoms with Gasteiger partial charge in [-0.25, -0.2) is 0 Å². The highest BCUT2D eigenvalue weighted by Gasteiger charge is 2.47. The molecule has 0 radical (unpaired) electrons. The maximum Gasteiger partial charge on any atom is 0.238 e. The summed E-state index contributed by atoms with van der Waals surface area (Å²) in [7, 11) is 0. The molecule has 1 rings (SSSR count). The van der Waals surface area contributed by atoms with Crippen LogP contribution in [-0.2, 0) is 4.79 Å². The summed E-state index contributed by atoms with van der Waals surface area (Å²) in [5.41, 5.74) is 5.06. The van der Waals surface area contributed by atoms with Crippen LogP contribution in [0.5, 0.6) is 0 Å². The molecule has 3 heteroatoms. The average Bonchev–Trinajstić information content (AvgIpc) is 2.90. The average molecular weight is 184 g/mol. The maximum atomic E-state index is 11.4. The monoisotopic (exact) mass is 184 g/mol. The molecule has 13 heavy (non-hydrogen) atoms. The highest BCUT2D eigenvalue weighted by Crippen LogP contribution is 2.41. The van der Waals surface area contributed by atoms with Crippen LogP contribution in [0.3, 0.4) is 0 Å². The van der Waals surface area contributed by atoms with Gasteiger partial charge < -0.3 is 11.1 Å². The van der Waals surface area contributed by atoms with Crippen molar-refractivity contribution in [3.63, 3.8) is 0 Å². The minimum atomic E-state index is -0.407. The molecule has 0 aromatic rings. The highest BCUT2D eigenvalue weighted by atomic mass is 16.1. The standard InChI is InChI=1S/C10H20N2O/c1-3-7-12-10(4-2,9(11)13)8-5-6-8/h8,12H,3-7H2,1-2H3,(H2,11,13). The van der Waals surface area contributed by atoms with Gasteiger partial charge in [0.05, 0.1) is 0 Å². The number of carbonyl (C=O) groups is 1. The van der Waals surface area contributed by atoms with Gasteiger partial charge in [-0.2, -0.15) is 0 Å². The number of nitrogens with two attached hydrogens (primary N) is 1. The number of primary amides is 1. The highest BCUT2D eigenvalue weighted by molar-refractivity contribution is 5.85. The normalized spacial score (nSPS) is 21.1. The molecule has 0 bridgehead atoms. The van der Waals surface area contributed by atoms with Crippen LogP contribution >= 0.6 is 0 Å². The molecule has 1 unspecified atom stereocenters. The van der Waals surface area contributed by atoms with Gasteiger partial charge in [-0.1, -0.05) is 13.8 Å². The smallest absolute Gasteiger partial charge is 0.238 e. The Balaban J connectivity index is 2.64. The Bertz CT molecular complexity index is 189. The van der Waals surface area contributed by atoms with Gasteiger partial charge in [-0.3, -0.25) is 4.79 Å². The molecule has 0 spiro atoms. The first-order valence-electron chi connectivity index (χ1n) is 5.22. The largest absolute Gasteiger partial charge is 0.368 e. The van der Waals surface area contributed by atoms with E-state index in [4.69, 9.17) is 5.73 Å². The number of rotatable bonds is 6. The van der Waals surface area contributed by atoms with Gasteiger partial charge in [0.1, 0.15) is 5.54 Å². The van der Waals surface area contributed by atoms with E-state index in [1.807, 2.05) is 6.92 Å². The van der Waals surface area contributed by atoms with E-state index in [1.165, 1.54) is 0 Å². The summed E-state index contributed by atoms with van der Waals surface area (Å²) in [6, 6.07) is 0. The predicted octanol–water partition coefficient (Wildman–Crippen LogP) is 1.03. The SMILES string of the molecule is CCCNC(CC)(C(N)=O)C1CC1. The molecule has 0 aromatic carbocycles. The first-order valence-corrected chi connectivity index (χ1v) is 5.22. The van der Waals surface area contributed by atoms with E-state index in [-0.39, 0.29) is 5.91 Å². The zero-order valence-corrected chi connectivity index (χ0v) is 8.60. The van der Waals surface area contributed by atoms with E-state index >= 15 is 0 Å². The maximum absolute atomic E-state index is 11.4. The van der Waals surface area contributed by atoms with Crippen molar-refractivity contribution in [3.05, 3.63) is 0 Å². The zero-order valence-electron chi connectivity index (χ0n) is 8.60. The van der Waals surface area contributed by atoms with Crippen LogP contribution in [0.25, 0.3) is 0 Å². The second-order valence-electron chi connectivity index (χ2n) is 3.89. The third-order valence-corrected chi connectivity index (χ3v) is 2.96. The molecule has 0 aliphatic heterocycles. The van der Waals surface area contributed by atoms with E-state index < -0.39 is 5.54 Å². The molecule has 3 nitrogen and oxygen atoms in total. The molecule has 1 saturated carbocycles. The Hall–Kier alpha value is -0.570.